The fraction of sp³-hybridized carbons (Fsp3) is 0.348. The first-order valence-corrected chi connectivity index (χ1v) is 10.8. The van der Waals surface area contributed by atoms with E-state index in [-0.39, 0.29) is 11.8 Å². The molecule has 0 aliphatic heterocycles. The van der Waals surface area contributed by atoms with Crippen molar-refractivity contribution < 1.29 is 4.79 Å². The molecule has 0 atom stereocenters. The maximum absolute atomic E-state index is 12.0. The minimum Gasteiger partial charge on any atom is -0.356 e. The zero-order chi connectivity index (χ0) is 21.0. The first kappa shape index (κ1) is 19.4. The van der Waals surface area contributed by atoms with E-state index >= 15 is 0 Å². The molecule has 1 aliphatic rings. The summed E-state index contributed by atoms with van der Waals surface area (Å²) in [5, 5.41) is 8.27. The molecule has 158 valence electrons. The Kier molecular flexibility index (Phi) is 5.43. The molecular formula is C23H25N7O. The van der Waals surface area contributed by atoms with E-state index in [0.717, 1.165) is 53.9 Å². The van der Waals surface area contributed by atoms with Gasteiger partial charge in [0.15, 0.2) is 0 Å². The monoisotopic (exact) mass is 415 g/mol. The van der Waals surface area contributed by atoms with Gasteiger partial charge in [-0.2, -0.15) is 5.10 Å². The van der Waals surface area contributed by atoms with E-state index in [2.05, 4.69) is 37.1 Å². The van der Waals surface area contributed by atoms with Crippen LogP contribution in [-0.2, 0) is 17.8 Å². The molecule has 1 aliphatic carbocycles. The summed E-state index contributed by atoms with van der Waals surface area (Å²) in [6, 6.07) is 10.2. The molecule has 1 aromatic carbocycles. The molecule has 0 unspecified atom stereocenters. The first-order valence-electron chi connectivity index (χ1n) is 10.8. The van der Waals surface area contributed by atoms with Gasteiger partial charge in [-0.3, -0.25) is 4.79 Å². The van der Waals surface area contributed by atoms with Crippen LogP contribution in [0.5, 0.6) is 0 Å². The zero-order valence-corrected chi connectivity index (χ0v) is 17.3. The molecule has 8 nitrogen and oxygen atoms in total. The number of hydrogen-bond acceptors (Lipinski definition) is 5. The van der Waals surface area contributed by atoms with Crippen LogP contribution in [0.3, 0.4) is 0 Å². The van der Waals surface area contributed by atoms with Crippen LogP contribution in [0.25, 0.3) is 16.7 Å². The van der Waals surface area contributed by atoms with Crippen molar-refractivity contribution in [2.75, 3.05) is 6.54 Å². The summed E-state index contributed by atoms with van der Waals surface area (Å²) in [5.41, 5.74) is 3.01. The van der Waals surface area contributed by atoms with Crippen LogP contribution in [0.2, 0.25) is 0 Å². The van der Waals surface area contributed by atoms with Crippen molar-refractivity contribution in [3.05, 3.63) is 66.8 Å². The predicted molar refractivity (Wildman–Crippen MR) is 117 cm³/mol. The number of aryl methyl sites for hydroxylation is 1. The Morgan fingerprint density at radius 3 is 2.97 bits per heavy atom. The lowest BCUT2D eigenvalue weighted by Gasteiger charge is -2.24. The van der Waals surface area contributed by atoms with Crippen molar-refractivity contribution >= 4 is 16.9 Å². The zero-order valence-electron chi connectivity index (χ0n) is 17.3. The van der Waals surface area contributed by atoms with Crippen LogP contribution < -0.4 is 5.32 Å². The molecule has 8 heteroatoms. The smallest absolute Gasteiger partial charge is 0.223 e. The van der Waals surface area contributed by atoms with E-state index < -0.39 is 0 Å². The Labute approximate surface area is 180 Å². The Hall–Kier alpha value is -3.55. The van der Waals surface area contributed by atoms with Crippen LogP contribution in [-0.4, -0.2) is 41.8 Å². The number of nitrogens with one attached hydrogen (secondary N) is 1. The normalized spacial score (nSPS) is 13.9. The number of amides is 1. The highest BCUT2D eigenvalue weighted by Gasteiger charge is 2.24. The Morgan fingerprint density at radius 2 is 2.16 bits per heavy atom. The molecule has 1 saturated carbocycles. The molecule has 31 heavy (non-hydrogen) atoms. The fourth-order valence-corrected chi connectivity index (χ4v) is 3.88. The van der Waals surface area contributed by atoms with Gasteiger partial charge >= 0.3 is 0 Å². The van der Waals surface area contributed by atoms with Crippen molar-refractivity contribution in [3.8, 4) is 5.69 Å². The van der Waals surface area contributed by atoms with E-state index in [9.17, 15) is 4.79 Å². The van der Waals surface area contributed by atoms with Gasteiger partial charge in [0, 0.05) is 43.2 Å². The Morgan fingerprint density at radius 1 is 1.23 bits per heavy atom. The van der Waals surface area contributed by atoms with Crippen molar-refractivity contribution in [2.24, 2.45) is 5.92 Å². The largest absolute Gasteiger partial charge is 0.356 e. The maximum Gasteiger partial charge on any atom is 0.223 e. The second-order valence-corrected chi connectivity index (χ2v) is 8.03. The second-order valence-electron chi connectivity index (χ2n) is 8.03. The van der Waals surface area contributed by atoms with Crippen LogP contribution in [0.1, 0.15) is 37.1 Å². The molecule has 0 spiro atoms. The van der Waals surface area contributed by atoms with E-state index in [1.54, 1.807) is 11.0 Å². The quantitative estimate of drug-likeness (QED) is 0.447. The molecule has 5 rings (SSSR count). The molecule has 1 fully saturated rings. The van der Waals surface area contributed by atoms with Gasteiger partial charge < -0.3 is 9.88 Å². The molecule has 3 aromatic heterocycles. The van der Waals surface area contributed by atoms with Gasteiger partial charge in [-0.1, -0.05) is 18.6 Å². The third-order valence-electron chi connectivity index (χ3n) is 5.86. The van der Waals surface area contributed by atoms with Crippen LogP contribution >= 0.6 is 0 Å². The van der Waals surface area contributed by atoms with Crippen molar-refractivity contribution in [2.45, 2.75) is 38.6 Å². The van der Waals surface area contributed by atoms with Gasteiger partial charge in [-0.05, 0) is 43.0 Å². The summed E-state index contributed by atoms with van der Waals surface area (Å²) in [7, 11) is 0. The average molecular weight is 416 g/mol. The fourth-order valence-electron chi connectivity index (χ4n) is 3.88. The molecular weight excluding hydrogens is 390 g/mol. The minimum absolute atomic E-state index is 0.210. The van der Waals surface area contributed by atoms with Crippen molar-refractivity contribution in [1.29, 1.82) is 0 Å². The van der Waals surface area contributed by atoms with Crippen LogP contribution in [0, 0.1) is 5.92 Å². The predicted octanol–water partition coefficient (Wildman–Crippen LogP) is 2.91. The van der Waals surface area contributed by atoms with Crippen LogP contribution in [0.4, 0.5) is 0 Å². The second kappa shape index (κ2) is 8.67. The number of nitrogens with zero attached hydrogens (tertiary/aromatic N) is 6. The highest BCUT2D eigenvalue weighted by molar-refractivity contribution is 5.79. The summed E-state index contributed by atoms with van der Waals surface area (Å²) in [5.74, 6) is 1.23. The summed E-state index contributed by atoms with van der Waals surface area (Å²) in [4.78, 5) is 25.3. The Balaban J connectivity index is 1.24. The van der Waals surface area contributed by atoms with E-state index in [1.165, 1.54) is 12.7 Å². The van der Waals surface area contributed by atoms with Gasteiger partial charge in [0.25, 0.3) is 0 Å². The lowest BCUT2D eigenvalue weighted by Crippen LogP contribution is -2.35. The molecule has 0 saturated heterocycles. The number of rotatable bonds is 8. The van der Waals surface area contributed by atoms with Gasteiger partial charge in [0.05, 0.1) is 5.69 Å². The number of carbonyl (C=O) groups excluding carboxylic acids is 1. The van der Waals surface area contributed by atoms with Gasteiger partial charge in [0.2, 0.25) is 5.91 Å². The molecule has 0 bridgehead atoms. The van der Waals surface area contributed by atoms with Crippen LogP contribution in [0.15, 0.2) is 55.4 Å². The number of carbonyl (C=O) groups is 1. The van der Waals surface area contributed by atoms with Gasteiger partial charge in [-0.15, -0.1) is 0 Å². The SMILES string of the molecule is O=C(NCCCn1ccc2cnc(Cc3cccc(-n4cncn4)c3)nc21)C1CCC1. The molecule has 1 N–H and O–H groups in total. The molecule has 4 aromatic rings. The Bertz CT molecular complexity index is 1180. The van der Waals surface area contributed by atoms with E-state index in [1.807, 2.05) is 30.6 Å². The van der Waals surface area contributed by atoms with Gasteiger partial charge in [0.1, 0.15) is 24.1 Å². The van der Waals surface area contributed by atoms with Crippen molar-refractivity contribution in [1.82, 2.24) is 34.6 Å². The highest BCUT2D eigenvalue weighted by atomic mass is 16.1. The number of benzene rings is 1. The summed E-state index contributed by atoms with van der Waals surface area (Å²) < 4.78 is 3.88. The topological polar surface area (TPSA) is 90.5 Å². The molecule has 3 heterocycles. The third kappa shape index (κ3) is 4.33. The average Bonchev–Trinajstić information content (AvgIpc) is 3.40. The maximum atomic E-state index is 12.0. The lowest BCUT2D eigenvalue weighted by atomic mass is 9.85. The third-order valence-corrected chi connectivity index (χ3v) is 5.86. The van der Waals surface area contributed by atoms with E-state index in [4.69, 9.17) is 4.98 Å². The number of fused-ring (bicyclic) bond motifs is 1. The first-order chi connectivity index (χ1) is 15.3. The minimum atomic E-state index is 0.210. The highest BCUT2D eigenvalue weighted by Crippen LogP contribution is 2.26. The number of hydrogen-bond donors (Lipinski definition) is 1. The van der Waals surface area contributed by atoms with Gasteiger partial charge in [-0.25, -0.2) is 19.6 Å². The summed E-state index contributed by atoms with van der Waals surface area (Å²) >= 11 is 0. The molecule has 0 radical (unpaired) electrons. The summed E-state index contributed by atoms with van der Waals surface area (Å²) in [6.45, 7) is 1.51. The molecule has 1 amide bonds. The van der Waals surface area contributed by atoms with E-state index in [0.29, 0.717) is 13.0 Å². The standard InChI is InChI=1S/C23H25N7O/c31-23(18-5-2-6-18)25-9-3-10-29-11-8-19-14-26-21(28-22(19)29)13-17-4-1-7-20(12-17)30-16-24-15-27-30/h1,4,7-8,11-12,14-16,18H,2-3,5-6,9-10,13H2,(H,25,31). The summed E-state index contributed by atoms with van der Waals surface area (Å²) in [6.07, 6.45) is 11.9. The number of aromatic nitrogens is 6. The van der Waals surface area contributed by atoms with Crippen molar-refractivity contribution in [3.63, 3.8) is 0 Å². The lowest BCUT2D eigenvalue weighted by molar-refractivity contribution is -0.127.